The minimum Gasteiger partial charge on any atom is -0.377 e. The quantitative estimate of drug-likeness (QED) is 0.597. The number of nitrogens with zero attached hydrogens (tertiary/aromatic N) is 1. The lowest BCUT2D eigenvalue weighted by molar-refractivity contribution is -0.122. The van der Waals surface area contributed by atoms with Crippen molar-refractivity contribution < 1.29 is 22.2 Å². The molecule has 2 aliphatic rings. The van der Waals surface area contributed by atoms with Crippen molar-refractivity contribution in [3.8, 4) is 5.75 Å². The van der Waals surface area contributed by atoms with E-state index in [9.17, 15) is 18.0 Å². The number of anilines is 1. The van der Waals surface area contributed by atoms with Crippen molar-refractivity contribution >= 4 is 27.6 Å². The molecule has 0 radical (unpaired) electrons. The van der Waals surface area contributed by atoms with Gasteiger partial charge in [0.15, 0.2) is 5.75 Å². The summed E-state index contributed by atoms with van der Waals surface area (Å²) in [6, 6.07) is 14.0. The molecule has 7 heteroatoms. The highest BCUT2D eigenvalue weighted by Crippen LogP contribution is 2.42. The smallest absolute Gasteiger partial charge is 0.339 e. The topological polar surface area (TPSA) is 80.8 Å². The first-order chi connectivity index (χ1) is 13.0. The number of hydrogen-bond donors (Lipinski definition) is 0. The van der Waals surface area contributed by atoms with Gasteiger partial charge < -0.3 is 4.18 Å². The van der Waals surface area contributed by atoms with Gasteiger partial charge in [-0.25, -0.2) is 4.90 Å². The van der Waals surface area contributed by atoms with Crippen molar-refractivity contribution in [3.05, 3.63) is 54.6 Å². The molecule has 2 aromatic carbocycles. The summed E-state index contributed by atoms with van der Waals surface area (Å²) >= 11 is 0. The predicted octanol–water partition coefficient (Wildman–Crippen LogP) is 3.13. The first-order valence-corrected chi connectivity index (χ1v) is 10.4. The zero-order chi connectivity index (χ0) is 19.0. The molecule has 2 aromatic rings. The average Bonchev–Trinajstić information content (AvgIpc) is 2.94. The van der Waals surface area contributed by atoms with E-state index in [1.807, 2.05) is 0 Å². The Morgan fingerprint density at radius 2 is 1.37 bits per heavy atom. The van der Waals surface area contributed by atoms with E-state index in [2.05, 4.69) is 0 Å². The predicted molar refractivity (Wildman–Crippen MR) is 98.6 cm³/mol. The number of hydrogen-bond acceptors (Lipinski definition) is 5. The molecule has 1 saturated heterocycles. The zero-order valence-electron chi connectivity index (χ0n) is 14.6. The minimum atomic E-state index is -4.08. The summed E-state index contributed by atoms with van der Waals surface area (Å²) in [5.74, 6) is -1.19. The number of carbonyl (C=O) groups is 2. The molecule has 140 valence electrons. The normalized spacial score (nSPS) is 22.6. The van der Waals surface area contributed by atoms with Gasteiger partial charge in [0.1, 0.15) is 4.90 Å². The standard InChI is InChI=1S/C20H19NO5S/c22-19-15-10-4-5-11-16(15)20(23)21(19)17-12-6-7-13-18(17)26-27(24,25)14-8-2-1-3-9-14/h1-3,6-9,12-13,15-16H,4-5,10-11H2/t15-,16-/m1/s1. The van der Waals surface area contributed by atoms with Gasteiger partial charge in [0, 0.05) is 0 Å². The van der Waals surface area contributed by atoms with Crippen LogP contribution in [0.2, 0.25) is 0 Å². The van der Waals surface area contributed by atoms with E-state index in [0.29, 0.717) is 12.8 Å². The summed E-state index contributed by atoms with van der Waals surface area (Å²) < 4.78 is 30.5. The summed E-state index contributed by atoms with van der Waals surface area (Å²) in [6.45, 7) is 0. The number of benzene rings is 2. The highest BCUT2D eigenvalue weighted by molar-refractivity contribution is 7.87. The van der Waals surface area contributed by atoms with Crippen LogP contribution in [-0.2, 0) is 19.7 Å². The molecule has 6 nitrogen and oxygen atoms in total. The molecular weight excluding hydrogens is 366 g/mol. The highest BCUT2D eigenvalue weighted by Gasteiger charge is 2.49. The first-order valence-electron chi connectivity index (χ1n) is 8.95. The van der Waals surface area contributed by atoms with Crippen LogP contribution in [0, 0.1) is 11.8 Å². The number of amides is 2. The van der Waals surface area contributed by atoms with Gasteiger partial charge in [0.2, 0.25) is 11.8 Å². The Morgan fingerprint density at radius 1 is 0.815 bits per heavy atom. The Kier molecular flexibility index (Phi) is 4.47. The molecule has 27 heavy (non-hydrogen) atoms. The van der Waals surface area contributed by atoms with Crippen LogP contribution in [0.4, 0.5) is 5.69 Å². The van der Waals surface area contributed by atoms with Gasteiger partial charge in [-0.05, 0) is 37.1 Å². The number of para-hydroxylation sites is 2. The summed E-state index contributed by atoms with van der Waals surface area (Å²) in [6.07, 6.45) is 3.23. The first kappa shape index (κ1) is 17.7. The van der Waals surface area contributed by atoms with Crippen LogP contribution in [0.3, 0.4) is 0 Å². The molecule has 2 amide bonds. The summed E-state index contributed by atoms with van der Waals surface area (Å²) in [5, 5.41) is 0. The van der Waals surface area contributed by atoms with Gasteiger partial charge in [-0.2, -0.15) is 8.42 Å². The molecule has 1 aliphatic heterocycles. The fourth-order valence-electron chi connectivity index (χ4n) is 3.87. The Balaban J connectivity index is 1.70. The third-order valence-electron chi connectivity index (χ3n) is 5.18. The van der Waals surface area contributed by atoms with Crippen LogP contribution in [0.15, 0.2) is 59.5 Å². The second-order valence-electron chi connectivity index (χ2n) is 6.83. The summed E-state index contributed by atoms with van der Waals surface area (Å²) in [4.78, 5) is 26.8. The van der Waals surface area contributed by atoms with Crippen LogP contribution in [-0.4, -0.2) is 20.2 Å². The summed E-state index contributed by atoms with van der Waals surface area (Å²) in [5.41, 5.74) is 0.182. The maximum absolute atomic E-state index is 12.8. The van der Waals surface area contributed by atoms with Crippen LogP contribution in [0.1, 0.15) is 25.7 Å². The molecule has 0 N–H and O–H groups in total. The Hall–Kier alpha value is -2.67. The van der Waals surface area contributed by atoms with Crippen LogP contribution >= 0.6 is 0 Å². The molecule has 1 aliphatic carbocycles. The maximum atomic E-state index is 12.8. The van der Waals surface area contributed by atoms with Crippen LogP contribution in [0.5, 0.6) is 5.75 Å². The number of carbonyl (C=O) groups excluding carboxylic acids is 2. The monoisotopic (exact) mass is 385 g/mol. The average molecular weight is 385 g/mol. The summed E-state index contributed by atoms with van der Waals surface area (Å²) in [7, 11) is -4.08. The molecule has 1 saturated carbocycles. The molecule has 0 spiro atoms. The van der Waals surface area contributed by atoms with E-state index < -0.39 is 10.1 Å². The molecule has 0 unspecified atom stereocenters. The van der Waals surface area contributed by atoms with E-state index in [0.717, 1.165) is 17.7 Å². The van der Waals surface area contributed by atoms with Crippen LogP contribution in [0.25, 0.3) is 0 Å². The maximum Gasteiger partial charge on any atom is 0.339 e. The largest absolute Gasteiger partial charge is 0.377 e. The Labute approximate surface area is 157 Å². The van der Waals surface area contributed by atoms with Gasteiger partial charge in [-0.15, -0.1) is 0 Å². The third-order valence-corrected chi connectivity index (χ3v) is 6.43. The van der Waals surface area contributed by atoms with Crippen molar-refractivity contribution in [2.45, 2.75) is 30.6 Å². The molecule has 0 bridgehead atoms. The molecule has 1 heterocycles. The van der Waals surface area contributed by atoms with Crippen molar-refractivity contribution in [1.29, 1.82) is 0 Å². The molecule has 2 fully saturated rings. The lowest BCUT2D eigenvalue weighted by Gasteiger charge is -2.19. The van der Waals surface area contributed by atoms with Gasteiger partial charge in [0.25, 0.3) is 0 Å². The van der Waals surface area contributed by atoms with E-state index in [-0.39, 0.29) is 40.0 Å². The van der Waals surface area contributed by atoms with Gasteiger partial charge >= 0.3 is 10.1 Å². The van der Waals surface area contributed by atoms with E-state index in [4.69, 9.17) is 4.18 Å². The highest BCUT2D eigenvalue weighted by atomic mass is 32.2. The molecular formula is C20H19NO5S. The van der Waals surface area contributed by atoms with Crippen molar-refractivity contribution in [1.82, 2.24) is 0 Å². The minimum absolute atomic E-state index is 0.00699. The second-order valence-corrected chi connectivity index (χ2v) is 8.37. The van der Waals surface area contributed by atoms with Gasteiger partial charge in [0.05, 0.1) is 17.5 Å². The Bertz CT molecular complexity index is 962. The number of fused-ring (bicyclic) bond motifs is 1. The zero-order valence-corrected chi connectivity index (χ0v) is 15.4. The second kappa shape index (κ2) is 6.81. The van der Waals surface area contributed by atoms with E-state index >= 15 is 0 Å². The Morgan fingerprint density at radius 3 is 2.00 bits per heavy atom. The van der Waals surface area contributed by atoms with E-state index in [1.54, 1.807) is 36.4 Å². The van der Waals surface area contributed by atoms with Crippen molar-refractivity contribution in [2.75, 3.05) is 4.90 Å². The molecule has 2 atom stereocenters. The lowest BCUT2D eigenvalue weighted by atomic mass is 9.81. The van der Waals surface area contributed by atoms with Crippen molar-refractivity contribution in [2.24, 2.45) is 11.8 Å². The number of rotatable bonds is 4. The SMILES string of the molecule is O=C1[C@@H]2CCCC[C@H]2C(=O)N1c1ccccc1OS(=O)(=O)c1ccccc1. The van der Waals surface area contributed by atoms with Gasteiger partial charge in [-0.3, -0.25) is 9.59 Å². The fraction of sp³-hybridized carbons (Fsp3) is 0.300. The molecule has 4 rings (SSSR count). The third kappa shape index (κ3) is 3.12. The fourth-order valence-corrected chi connectivity index (χ4v) is 4.83. The molecule has 0 aromatic heterocycles. The van der Waals surface area contributed by atoms with Crippen LogP contribution < -0.4 is 9.08 Å². The number of imide groups is 1. The van der Waals surface area contributed by atoms with Gasteiger partial charge in [-0.1, -0.05) is 43.2 Å². The lowest BCUT2D eigenvalue weighted by Crippen LogP contribution is -2.31. The van der Waals surface area contributed by atoms with Crippen molar-refractivity contribution in [3.63, 3.8) is 0 Å². The van der Waals surface area contributed by atoms with E-state index in [1.165, 1.54) is 18.2 Å².